The van der Waals surface area contributed by atoms with E-state index in [0.29, 0.717) is 0 Å². The first-order valence-corrected chi connectivity index (χ1v) is 6.11. The lowest BCUT2D eigenvalue weighted by atomic mass is 10.1. The lowest BCUT2D eigenvalue weighted by Gasteiger charge is -2.24. The number of hydrogen-bond donors (Lipinski definition) is 1. The standard InChI is InChI=1S/C12H24N2O2/c1-13-11(12(15)16-3)9-14(2)8-10-6-4-5-7-10/h10-11,13H,4-9H2,1-3H3. The second-order valence-electron chi connectivity index (χ2n) is 4.74. The first-order chi connectivity index (χ1) is 7.67. The molecule has 1 unspecified atom stereocenters. The highest BCUT2D eigenvalue weighted by Crippen LogP contribution is 2.25. The number of rotatable bonds is 6. The van der Waals surface area contributed by atoms with Gasteiger partial charge in [0.1, 0.15) is 6.04 Å². The molecule has 94 valence electrons. The van der Waals surface area contributed by atoms with Gasteiger partial charge in [-0.05, 0) is 32.9 Å². The Bertz CT molecular complexity index is 215. The van der Waals surface area contributed by atoms with Crippen molar-refractivity contribution in [1.29, 1.82) is 0 Å². The Labute approximate surface area is 98.3 Å². The quantitative estimate of drug-likeness (QED) is 0.685. The van der Waals surface area contributed by atoms with Gasteiger partial charge in [-0.25, -0.2) is 0 Å². The van der Waals surface area contributed by atoms with Crippen molar-refractivity contribution < 1.29 is 9.53 Å². The van der Waals surface area contributed by atoms with E-state index in [1.165, 1.54) is 32.8 Å². The lowest BCUT2D eigenvalue weighted by Crippen LogP contribution is -2.45. The summed E-state index contributed by atoms with van der Waals surface area (Å²) < 4.78 is 4.75. The van der Waals surface area contributed by atoms with Gasteiger partial charge in [-0.1, -0.05) is 12.8 Å². The zero-order valence-corrected chi connectivity index (χ0v) is 10.7. The number of esters is 1. The predicted octanol–water partition coefficient (Wildman–Crippen LogP) is 0.869. The van der Waals surface area contributed by atoms with E-state index in [2.05, 4.69) is 17.3 Å². The zero-order valence-electron chi connectivity index (χ0n) is 10.7. The summed E-state index contributed by atoms with van der Waals surface area (Å²) in [5.74, 6) is 0.640. The Balaban J connectivity index is 2.30. The summed E-state index contributed by atoms with van der Waals surface area (Å²) in [4.78, 5) is 13.6. The van der Waals surface area contributed by atoms with Crippen molar-refractivity contribution in [3.05, 3.63) is 0 Å². The summed E-state index contributed by atoms with van der Waals surface area (Å²) in [6.45, 7) is 1.81. The minimum absolute atomic E-state index is 0.180. The molecule has 1 aliphatic carbocycles. The second-order valence-corrected chi connectivity index (χ2v) is 4.74. The van der Waals surface area contributed by atoms with Crippen LogP contribution >= 0.6 is 0 Å². The first-order valence-electron chi connectivity index (χ1n) is 6.11. The van der Waals surface area contributed by atoms with Crippen LogP contribution in [0, 0.1) is 5.92 Å². The van der Waals surface area contributed by atoms with Crippen molar-refractivity contribution in [1.82, 2.24) is 10.2 Å². The van der Waals surface area contributed by atoms with Crippen LogP contribution in [0.25, 0.3) is 0 Å². The number of ether oxygens (including phenoxy) is 1. The highest BCUT2D eigenvalue weighted by molar-refractivity contribution is 5.75. The van der Waals surface area contributed by atoms with Crippen molar-refractivity contribution in [3.63, 3.8) is 0 Å². The molecule has 1 saturated carbocycles. The van der Waals surface area contributed by atoms with Crippen LogP contribution < -0.4 is 5.32 Å². The zero-order chi connectivity index (χ0) is 12.0. The van der Waals surface area contributed by atoms with Gasteiger partial charge in [-0.3, -0.25) is 4.79 Å². The Morgan fingerprint density at radius 2 is 2.12 bits per heavy atom. The molecule has 0 heterocycles. The maximum Gasteiger partial charge on any atom is 0.324 e. The van der Waals surface area contributed by atoms with Crippen LogP contribution in [0.15, 0.2) is 0 Å². The van der Waals surface area contributed by atoms with Crippen LogP contribution in [-0.4, -0.2) is 51.2 Å². The molecule has 0 bridgehead atoms. The largest absolute Gasteiger partial charge is 0.468 e. The van der Waals surface area contributed by atoms with Gasteiger partial charge < -0.3 is 15.0 Å². The maximum absolute atomic E-state index is 11.4. The Hall–Kier alpha value is -0.610. The van der Waals surface area contributed by atoms with E-state index in [1.54, 1.807) is 7.05 Å². The molecule has 1 rings (SSSR count). The lowest BCUT2D eigenvalue weighted by molar-refractivity contribution is -0.143. The van der Waals surface area contributed by atoms with Crippen molar-refractivity contribution in [3.8, 4) is 0 Å². The third kappa shape index (κ3) is 4.10. The molecule has 0 radical (unpaired) electrons. The van der Waals surface area contributed by atoms with Crippen LogP contribution in [0.2, 0.25) is 0 Å². The number of likely N-dealkylation sites (N-methyl/N-ethyl adjacent to an activating group) is 2. The Morgan fingerprint density at radius 1 is 1.50 bits per heavy atom. The average Bonchev–Trinajstić information content (AvgIpc) is 2.77. The van der Waals surface area contributed by atoms with Gasteiger partial charge in [-0.2, -0.15) is 0 Å². The number of carbonyl (C=O) groups excluding carboxylic acids is 1. The van der Waals surface area contributed by atoms with E-state index in [0.717, 1.165) is 19.0 Å². The van der Waals surface area contributed by atoms with Crippen molar-refractivity contribution in [2.75, 3.05) is 34.3 Å². The number of nitrogens with zero attached hydrogens (tertiary/aromatic N) is 1. The molecule has 4 nitrogen and oxygen atoms in total. The normalized spacial score (nSPS) is 19.0. The molecule has 1 N–H and O–H groups in total. The Morgan fingerprint density at radius 3 is 2.62 bits per heavy atom. The van der Waals surface area contributed by atoms with E-state index in [4.69, 9.17) is 4.74 Å². The van der Waals surface area contributed by atoms with Gasteiger partial charge in [0.25, 0.3) is 0 Å². The van der Waals surface area contributed by atoms with Crippen LogP contribution in [0.4, 0.5) is 0 Å². The molecule has 16 heavy (non-hydrogen) atoms. The predicted molar refractivity (Wildman–Crippen MR) is 64.3 cm³/mol. The minimum atomic E-state index is -0.212. The van der Waals surface area contributed by atoms with E-state index < -0.39 is 0 Å². The van der Waals surface area contributed by atoms with E-state index in [-0.39, 0.29) is 12.0 Å². The van der Waals surface area contributed by atoms with Gasteiger partial charge in [0.05, 0.1) is 7.11 Å². The molecule has 0 saturated heterocycles. The molecule has 0 aromatic rings. The van der Waals surface area contributed by atoms with Crippen molar-refractivity contribution >= 4 is 5.97 Å². The minimum Gasteiger partial charge on any atom is -0.468 e. The first kappa shape index (κ1) is 13.5. The van der Waals surface area contributed by atoms with Crippen LogP contribution in [0.3, 0.4) is 0 Å². The monoisotopic (exact) mass is 228 g/mol. The summed E-state index contributed by atoms with van der Waals surface area (Å²) in [6.07, 6.45) is 5.41. The summed E-state index contributed by atoms with van der Waals surface area (Å²) >= 11 is 0. The third-order valence-electron chi connectivity index (χ3n) is 3.37. The molecule has 0 spiro atoms. The van der Waals surface area contributed by atoms with Crippen molar-refractivity contribution in [2.45, 2.75) is 31.7 Å². The highest BCUT2D eigenvalue weighted by atomic mass is 16.5. The highest BCUT2D eigenvalue weighted by Gasteiger charge is 2.22. The molecule has 1 aliphatic rings. The molecule has 1 fully saturated rings. The molecule has 0 aromatic heterocycles. The van der Waals surface area contributed by atoms with E-state index in [9.17, 15) is 4.79 Å². The van der Waals surface area contributed by atoms with Crippen molar-refractivity contribution in [2.24, 2.45) is 5.92 Å². The molecule has 1 atom stereocenters. The Kier molecular flexibility index (Phi) is 5.77. The summed E-state index contributed by atoms with van der Waals surface area (Å²) in [5, 5.41) is 2.99. The fourth-order valence-electron chi connectivity index (χ4n) is 2.45. The molecule has 0 aliphatic heterocycles. The molecule has 4 heteroatoms. The number of hydrogen-bond acceptors (Lipinski definition) is 4. The van der Waals surface area contributed by atoms with E-state index in [1.807, 2.05) is 0 Å². The van der Waals surface area contributed by atoms with Gasteiger partial charge in [0, 0.05) is 13.1 Å². The number of carbonyl (C=O) groups is 1. The fourth-order valence-corrected chi connectivity index (χ4v) is 2.45. The van der Waals surface area contributed by atoms with Crippen LogP contribution in [0.1, 0.15) is 25.7 Å². The molecule has 0 amide bonds. The van der Waals surface area contributed by atoms with Crippen LogP contribution in [-0.2, 0) is 9.53 Å². The smallest absolute Gasteiger partial charge is 0.324 e. The fraction of sp³-hybridized carbons (Fsp3) is 0.917. The number of nitrogens with one attached hydrogen (secondary N) is 1. The van der Waals surface area contributed by atoms with E-state index >= 15 is 0 Å². The van der Waals surface area contributed by atoms with Gasteiger partial charge in [0.2, 0.25) is 0 Å². The average molecular weight is 228 g/mol. The summed E-state index contributed by atoms with van der Waals surface area (Å²) in [7, 11) is 5.31. The van der Waals surface area contributed by atoms with Crippen LogP contribution in [0.5, 0.6) is 0 Å². The molecular weight excluding hydrogens is 204 g/mol. The maximum atomic E-state index is 11.4. The second kappa shape index (κ2) is 6.86. The SMILES string of the molecule is CNC(CN(C)CC1CCCC1)C(=O)OC. The third-order valence-corrected chi connectivity index (χ3v) is 3.37. The van der Waals surface area contributed by atoms with Gasteiger partial charge in [-0.15, -0.1) is 0 Å². The molecular formula is C12H24N2O2. The van der Waals surface area contributed by atoms with Gasteiger partial charge in [0.15, 0.2) is 0 Å². The summed E-state index contributed by atoms with van der Waals surface area (Å²) in [6, 6.07) is -0.212. The topological polar surface area (TPSA) is 41.6 Å². The summed E-state index contributed by atoms with van der Waals surface area (Å²) in [5.41, 5.74) is 0. The number of methoxy groups -OCH3 is 1. The van der Waals surface area contributed by atoms with Gasteiger partial charge >= 0.3 is 5.97 Å². The molecule has 0 aromatic carbocycles.